The minimum Gasteiger partial charge on any atom is -0.394 e. The van der Waals surface area contributed by atoms with E-state index in [4.69, 9.17) is 4.74 Å². The third kappa shape index (κ3) is 2.92. The van der Waals surface area contributed by atoms with Crippen molar-refractivity contribution >= 4 is 0 Å². The molecule has 0 aromatic rings. The molecule has 1 saturated carbocycles. The number of rotatable bonds is 5. The molecule has 1 saturated heterocycles. The Labute approximate surface area is 92.2 Å². The zero-order valence-corrected chi connectivity index (χ0v) is 9.67. The van der Waals surface area contributed by atoms with Crippen LogP contribution in [0.3, 0.4) is 0 Å². The average Bonchev–Trinajstić information content (AvgIpc) is 3.11. The van der Waals surface area contributed by atoms with Gasteiger partial charge in [0.2, 0.25) is 0 Å². The minimum atomic E-state index is -0.0295. The third-order valence-corrected chi connectivity index (χ3v) is 3.94. The van der Waals surface area contributed by atoms with Crippen LogP contribution in [-0.2, 0) is 4.74 Å². The molecule has 1 aliphatic carbocycles. The molecule has 0 spiro atoms. The van der Waals surface area contributed by atoms with Gasteiger partial charge in [-0.2, -0.15) is 0 Å². The van der Waals surface area contributed by atoms with Crippen molar-refractivity contribution in [2.45, 2.75) is 38.1 Å². The maximum atomic E-state index is 9.44. The van der Waals surface area contributed by atoms with Crippen molar-refractivity contribution in [1.29, 1.82) is 0 Å². The fraction of sp³-hybridized carbons (Fsp3) is 1.00. The quantitative estimate of drug-likeness (QED) is 0.720. The summed E-state index contributed by atoms with van der Waals surface area (Å²) in [6.45, 7) is 5.28. The lowest BCUT2D eigenvalue weighted by atomic mass is 9.94. The van der Waals surface area contributed by atoms with Crippen molar-refractivity contribution < 1.29 is 9.84 Å². The second kappa shape index (κ2) is 4.81. The lowest BCUT2D eigenvalue weighted by molar-refractivity contribution is 0.0597. The molecule has 2 rings (SSSR count). The van der Waals surface area contributed by atoms with Gasteiger partial charge in [-0.3, -0.25) is 0 Å². The summed E-state index contributed by atoms with van der Waals surface area (Å²) in [7, 11) is 0. The van der Waals surface area contributed by atoms with Crippen LogP contribution in [0.25, 0.3) is 0 Å². The Balaban J connectivity index is 1.74. The van der Waals surface area contributed by atoms with Crippen LogP contribution >= 0.6 is 0 Å². The van der Waals surface area contributed by atoms with Crippen LogP contribution < -0.4 is 5.32 Å². The fourth-order valence-electron chi connectivity index (χ4n) is 2.38. The Hall–Kier alpha value is -0.120. The van der Waals surface area contributed by atoms with Crippen LogP contribution in [0.1, 0.15) is 32.6 Å². The molecule has 1 heterocycles. The summed E-state index contributed by atoms with van der Waals surface area (Å²) in [6, 6.07) is 0. The first-order valence-electron chi connectivity index (χ1n) is 6.18. The molecule has 15 heavy (non-hydrogen) atoms. The van der Waals surface area contributed by atoms with Crippen LogP contribution in [0, 0.1) is 11.8 Å². The van der Waals surface area contributed by atoms with E-state index in [0.717, 1.165) is 25.7 Å². The molecule has 1 aliphatic heterocycles. The smallest absolute Gasteiger partial charge is 0.0613 e. The van der Waals surface area contributed by atoms with Gasteiger partial charge in [0.05, 0.1) is 6.61 Å². The second-order valence-electron chi connectivity index (χ2n) is 5.29. The highest BCUT2D eigenvalue weighted by molar-refractivity contribution is 4.97. The van der Waals surface area contributed by atoms with Gasteiger partial charge in [0, 0.05) is 18.8 Å². The first-order chi connectivity index (χ1) is 7.24. The third-order valence-electron chi connectivity index (χ3n) is 3.94. The molecular weight excluding hydrogens is 190 g/mol. The molecule has 2 N–H and O–H groups in total. The SMILES string of the molecule is CC(CO)(NCC1CCOCC1)C1CC1. The van der Waals surface area contributed by atoms with E-state index < -0.39 is 0 Å². The Bertz CT molecular complexity index is 200. The van der Waals surface area contributed by atoms with E-state index in [9.17, 15) is 5.11 Å². The molecule has 0 aromatic carbocycles. The molecule has 1 unspecified atom stereocenters. The lowest BCUT2D eigenvalue weighted by Crippen LogP contribution is -2.50. The number of hydrogen-bond acceptors (Lipinski definition) is 3. The molecule has 2 aliphatic rings. The van der Waals surface area contributed by atoms with Gasteiger partial charge in [0.15, 0.2) is 0 Å². The molecular formula is C12H23NO2. The lowest BCUT2D eigenvalue weighted by Gasteiger charge is -2.32. The molecule has 88 valence electrons. The van der Waals surface area contributed by atoms with Crippen molar-refractivity contribution in [2.75, 3.05) is 26.4 Å². The summed E-state index contributed by atoms with van der Waals surface area (Å²) >= 11 is 0. The predicted molar refractivity (Wildman–Crippen MR) is 59.8 cm³/mol. The minimum absolute atomic E-state index is 0.0295. The predicted octanol–water partition coefficient (Wildman–Crippen LogP) is 1.16. The van der Waals surface area contributed by atoms with Crippen molar-refractivity contribution in [2.24, 2.45) is 11.8 Å². The van der Waals surface area contributed by atoms with Crippen LogP contribution in [0.15, 0.2) is 0 Å². The van der Waals surface area contributed by atoms with Crippen LogP contribution in [0.2, 0.25) is 0 Å². The van der Waals surface area contributed by atoms with Crippen molar-refractivity contribution in [1.82, 2.24) is 5.32 Å². The average molecular weight is 213 g/mol. The zero-order chi connectivity index (χ0) is 10.7. The number of hydrogen-bond donors (Lipinski definition) is 2. The first-order valence-corrected chi connectivity index (χ1v) is 6.18. The maximum absolute atomic E-state index is 9.44. The van der Waals surface area contributed by atoms with Crippen molar-refractivity contribution in [3.63, 3.8) is 0 Å². The summed E-state index contributed by atoms with van der Waals surface area (Å²) in [5.74, 6) is 1.44. The van der Waals surface area contributed by atoms with Gasteiger partial charge < -0.3 is 15.2 Å². The number of aliphatic hydroxyl groups is 1. The van der Waals surface area contributed by atoms with Gasteiger partial charge in [0.1, 0.15) is 0 Å². The van der Waals surface area contributed by atoms with E-state index in [1.54, 1.807) is 0 Å². The monoisotopic (exact) mass is 213 g/mol. The van der Waals surface area contributed by atoms with Gasteiger partial charge in [-0.1, -0.05) is 0 Å². The van der Waals surface area contributed by atoms with Gasteiger partial charge in [-0.05, 0) is 51.0 Å². The molecule has 0 bridgehead atoms. The zero-order valence-electron chi connectivity index (χ0n) is 9.67. The maximum Gasteiger partial charge on any atom is 0.0613 e. The van der Waals surface area contributed by atoms with E-state index in [2.05, 4.69) is 12.2 Å². The molecule has 2 fully saturated rings. The second-order valence-corrected chi connectivity index (χ2v) is 5.29. The molecule has 0 radical (unpaired) electrons. The molecule has 3 heteroatoms. The van der Waals surface area contributed by atoms with E-state index in [1.165, 1.54) is 25.7 Å². The van der Waals surface area contributed by atoms with Gasteiger partial charge >= 0.3 is 0 Å². The molecule has 3 nitrogen and oxygen atoms in total. The fourth-order valence-corrected chi connectivity index (χ4v) is 2.38. The van der Waals surface area contributed by atoms with Gasteiger partial charge in [0.25, 0.3) is 0 Å². The summed E-state index contributed by atoms with van der Waals surface area (Å²) < 4.78 is 5.34. The van der Waals surface area contributed by atoms with E-state index in [0.29, 0.717) is 5.92 Å². The van der Waals surface area contributed by atoms with E-state index in [1.807, 2.05) is 0 Å². The summed E-state index contributed by atoms with van der Waals surface area (Å²) in [5.41, 5.74) is -0.0295. The number of ether oxygens (including phenoxy) is 1. The Kier molecular flexibility index (Phi) is 3.65. The van der Waals surface area contributed by atoms with Crippen LogP contribution in [0.4, 0.5) is 0 Å². The standard InChI is InChI=1S/C12H23NO2/c1-12(9-14,11-2-3-11)13-8-10-4-6-15-7-5-10/h10-11,13-14H,2-9H2,1H3. The molecule has 0 amide bonds. The molecule has 0 aromatic heterocycles. The van der Waals surface area contributed by atoms with Crippen molar-refractivity contribution in [3.05, 3.63) is 0 Å². The highest BCUT2D eigenvalue weighted by Crippen LogP contribution is 2.39. The summed E-state index contributed by atoms with van der Waals surface area (Å²) in [6.07, 6.45) is 4.88. The Morgan fingerprint density at radius 2 is 1.93 bits per heavy atom. The van der Waals surface area contributed by atoms with E-state index >= 15 is 0 Å². The van der Waals surface area contributed by atoms with Gasteiger partial charge in [-0.15, -0.1) is 0 Å². The van der Waals surface area contributed by atoms with Crippen LogP contribution in [-0.4, -0.2) is 37.0 Å². The highest BCUT2D eigenvalue weighted by Gasteiger charge is 2.40. The number of aliphatic hydroxyl groups excluding tert-OH is 1. The normalized spacial score (nSPS) is 27.6. The van der Waals surface area contributed by atoms with Gasteiger partial charge in [-0.25, -0.2) is 0 Å². The Morgan fingerprint density at radius 1 is 1.27 bits per heavy atom. The summed E-state index contributed by atoms with van der Waals surface area (Å²) in [4.78, 5) is 0. The topological polar surface area (TPSA) is 41.5 Å². The largest absolute Gasteiger partial charge is 0.394 e. The number of nitrogens with one attached hydrogen (secondary N) is 1. The Morgan fingerprint density at radius 3 is 2.47 bits per heavy atom. The van der Waals surface area contributed by atoms with Crippen molar-refractivity contribution in [3.8, 4) is 0 Å². The van der Waals surface area contributed by atoms with E-state index in [-0.39, 0.29) is 12.1 Å². The molecule has 1 atom stereocenters. The summed E-state index contributed by atoms with van der Waals surface area (Å²) in [5, 5.41) is 13.0. The highest BCUT2D eigenvalue weighted by atomic mass is 16.5. The first kappa shape index (κ1) is 11.4. The van der Waals surface area contributed by atoms with Crippen LogP contribution in [0.5, 0.6) is 0 Å².